The van der Waals surface area contributed by atoms with Crippen molar-refractivity contribution in [3.05, 3.63) is 30.0 Å². The van der Waals surface area contributed by atoms with Crippen LogP contribution in [0.25, 0.3) is 21.8 Å². The topological polar surface area (TPSA) is 103 Å². The van der Waals surface area contributed by atoms with E-state index in [-0.39, 0.29) is 0 Å². The number of aryl methyl sites for hydroxylation is 1. The summed E-state index contributed by atoms with van der Waals surface area (Å²) in [7, 11) is -3.33. The summed E-state index contributed by atoms with van der Waals surface area (Å²) >= 11 is 0. The molecule has 0 saturated heterocycles. The van der Waals surface area contributed by atoms with Gasteiger partial charge in [0.1, 0.15) is 5.52 Å². The minimum Gasteiger partial charge on any atom is -0.382 e. The number of aromatic nitrogens is 3. The van der Waals surface area contributed by atoms with Crippen LogP contribution in [0.4, 0.5) is 5.82 Å². The molecule has 3 rings (SSSR count). The van der Waals surface area contributed by atoms with Crippen LogP contribution in [0.15, 0.2) is 24.3 Å². The van der Waals surface area contributed by atoms with Gasteiger partial charge in [-0.15, -0.1) is 0 Å². The predicted molar refractivity (Wildman–Crippen MR) is 101 cm³/mol. The number of pyridine rings is 1. The van der Waals surface area contributed by atoms with E-state index in [0.717, 1.165) is 22.0 Å². The molecule has 1 aromatic carbocycles. The lowest BCUT2D eigenvalue weighted by molar-refractivity contribution is 0.437. The molecule has 3 aromatic rings. The van der Waals surface area contributed by atoms with E-state index in [9.17, 15) is 8.42 Å². The first-order valence-corrected chi connectivity index (χ1v) is 10.0. The molecule has 8 heteroatoms. The van der Waals surface area contributed by atoms with E-state index in [1.54, 1.807) is 0 Å². The predicted octanol–water partition coefficient (Wildman–Crippen LogP) is 2.06. The molecule has 0 atom stereocenters. The number of nitrogens with two attached hydrogens (primary N) is 1. The van der Waals surface area contributed by atoms with E-state index >= 15 is 0 Å². The Kier molecular flexibility index (Phi) is 4.20. The first-order valence-electron chi connectivity index (χ1n) is 8.14. The molecule has 0 fully saturated rings. The number of nitrogens with zero attached hydrogens (tertiary/aromatic N) is 3. The van der Waals surface area contributed by atoms with Gasteiger partial charge in [-0.2, -0.15) is 5.10 Å². The van der Waals surface area contributed by atoms with Crippen LogP contribution in [0.2, 0.25) is 0 Å². The van der Waals surface area contributed by atoms with E-state index in [2.05, 4.69) is 14.8 Å². The van der Waals surface area contributed by atoms with Gasteiger partial charge in [0, 0.05) is 35.0 Å². The Bertz CT molecular complexity index is 1050. The third-order valence-corrected chi connectivity index (χ3v) is 5.01. The lowest BCUT2D eigenvalue weighted by Gasteiger charge is -2.25. The van der Waals surface area contributed by atoms with Gasteiger partial charge >= 0.3 is 0 Å². The van der Waals surface area contributed by atoms with Gasteiger partial charge in [0.25, 0.3) is 0 Å². The molecule has 2 aromatic heterocycles. The van der Waals surface area contributed by atoms with Crippen LogP contribution in [0.1, 0.15) is 26.5 Å². The molecule has 0 aliphatic rings. The van der Waals surface area contributed by atoms with Crippen molar-refractivity contribution in [1.82, 2.24) is 19.5 Å². The van der Waals surface area contributed by atoms with Crippen molar-refractivity contribution in [1.29, 1.82) is 0 Å². The molecule has 134 valence electrons. The zero-order valence-corrected chi connectivity index (χ0v) is 15.7. The first kappa shape index (κ1) is 17.6. The van der Waals surface area contributed by atoms with Crippen molar-refractivity contribution in [2.24, 2.45) is 0 Å². The molecule has 0 aliphatic carbocycles. The molecule has 0 aliphatic heterocycles. The fraction of sp³-hybridized carbons (Fsp3) is 0.412. The van der Waals surface area contributed by atoms with E-state index in [0.29, 0.717) is 24.3 Å². The highest BCUT2D eigenvalue weighted by atomic mass is 32.2. The van der Waals surface area contributed by atoms with Gasteiger partial charge in [0.2, 0.25) is 10.0 Å². The summed E-state index contributed by atoms with van der Waals surface area (Å²) in [5.74, 6) is 0.385. The smallest absolute Gasteiger partial charge is 0.209 e. The van der Waals surface area contributed by atoms with Gasteiger partial charge in [0.05, 0.1) is 11.8 Å². The molecule has 0 spiro atoms. The summed E-state index contributed by atoms with van der Waals surface area (Å²) < 4.78 is 28.0. The number of nitrogen functional groups attached to an aromatic ring is 1. The van der Waals surface area contributed by atoms with Crippen molar-refractivity contribution >= 4 is 37.6 Å². The fourth-order valence-electron chi connectivity index (χ4n) is 3.32. The third kappa shape index (κ3) is 3.45. The summed E-state index contributed by atoms with van der Waals surface area (Å²) in [6, 6.07) is 7.77. The highest BCUT2D eigenvalue weighted by molar-refractivity contribution is 7.88. The van der Waals surface area contributed by atoms with Gasteiger partial charge in [-0.05, 0) is 26.8 Å². The van der Waals surface area contributed by atoms with Gasteiger partial charge in [0.15, 0.2) is 5.82 Å². The highest BCUT2D eigenvalue weighted by Crippen LogP contribution is 2.32. The van der Waals surface area contributed by atoms with Crippen molar-refractivity contribution in [2.45, 2.75) is 39.3 Å². The van der Waals surface area contributed by atoms with Crippen LogP contribution in [-0.2, 0) is 23.0 Å². The number of hydrogen-bond acceptors (Lipinski definition) is 5. The molecule has 0 amide bonds. The van der Waals surface area contributed by atoms with Gasteiger partial charge < -0.3 is 5.73 Å². The van der Waals surface area contributed by atoms with Crippen LogP contribution in [0.3, 0.4) is 0 Å². The van der Waals surface area contributed by atoms with E-state index < -0.39 is 15.6 Å². The van der Waals surface area contributed by atoms with Crippen LogP contribution >= 0.6 is 0 Å². The van der Waals surface area contributed by atoms with Crippen LogP contribution in [0.5, 0.6) is 0 Å². The second-order valence-corrected chi connectivity index (χ2v) is 8.68. The average molecular weight is 361 g/mol. The van der Waals surface area contributed by atoms with Crippen molar-refractivity contribution < 1.29 is 8.42 Å². The maximum atomic E-state index is 11.7. The number of nitrogens with one attached hydrogen (secondary N) is 1. The SMILES string of the molecule is CCn1nc2c(N)nc3ccccc3c2c1CC(C)(C)NS(C)(=O)=O. The molecule has 0 unspecified atom stereocenters. The number of hydrogen-bond donors (Lipinski definition) is 2. The summed E-state index contributed by atoms with van der Waals surface area (Å²) in [6.45, 7) is 6.38. The van der Waals surface area contributed by atoms with Gasteiger partial charge in [-0.25, -0.2) is 18.1 Å². The molecule has 25 heavy (non-hydrogen) atoms. The number of sulfonamides is 1. The lowest BCUT2D eigenvalue weighted by atomic mass is 9.96. The molecule has 7 nitrogen and oxygen atoms in total. The molecule has 0 radical (unpaired) electrons. The summed E-state index contributed by atoms with van der Waals surface area (Å²) in [5.41, 5.74) is 7.88. The summed E-state index contributed by atoms with van der Waals surface area (Å²) in [4.78, 5) is 4.44. The Balaban J connectivity index is 2.26. The fourth-order valence-corrected chi connectivity index (χ4v) is 4.40. The van der Waals surface area contributed by atoms with Crippen molar-refractivity contribution in [3.63, 3.8) is 0 Å². The molecule has 3 N–H and O–H groups in total. The van der Waals surface area contributed by atoms with Crippen LogP contribution in [0, 0.1) is 0 Å². The minimum absolute atomic E-state index is 0.385. The Morgan fingerprint density at radius 2 is 1.96 bits per heavy atom. The summed E-state index contributed by atoms with van der Waals surface area (Å²) in [6.07, 6.45) is 1.65. The largest absolute Gasteiger partial charge is 0.382 e. The lowest BCUT2D eigenvalue weighted by Crippen LogP contribution is -2.44. The second-order valence-electron chi connectivity index (χ2n) is 6.94. The highest BCUT2D eigenvalue weighted by Gasteiger charge is 2.27. The maximum Gasteiger partial charge on any atom is 0.209 e. The maximum absolute atomic E-state index is 11.7. The molecular weight excluding hydrogens is 338 g/mol. The summed E-state index contributed by atoms with van der Waals surface area (Å²) in [5, 5.41) is 6.52. The van der Waals surface area contributed by atoms with Crippen molar-refractivity contribution in [3.8, 4) is 0 Å². The molecule has 2 heterocycles. The minimum atomic E-state index is -3.33. The number of para-hydroxylation sites is 1. The number of benzene rings is 1. The third-order valence-electron chi connectivity index (χ3n) is 4.09. The monoisotopic (exact) mass is 361 g/mol. The van der Waals surface area contributed by atoms with Gasteiger partial charge in [-0.1, -0.05) is 18.2 Å². The average Bonchev–Trinajstić information content (AvgIpc) is 2.83. The van der Waals surface area contributed by atoms with Crippen LogP contribution in [-0.4, -0.2) is 35.0 Å². The Morgan fingerprint density at radius 3 is 2.60 bits per heavy atom. The zero-order valence-electron chi connectivity index (χ0n) is 14.9. The standard InChI is InChI=1S/C17H23N5O2S/c1-5-22-13(10-17(2,3)21-25(4,23)24)14-11-8-6-7-9-12(11)19-16(18)15(14)20-22/h6-9,21H,5,10H2,1-4H3,(H2,18,19). The normalized spacial score (nSPS) is 13.0. The van der Waals surface area contributed by atoms with Gasteiger partial charge in [-0.3, -0.25) is 4.68 Å². The van der Waals surface area contributed by atoms with Crippen LogP contribution < -0.4 is 10.5 Å². The van der Waals surface area contributed by atoms with E-state index in [4.69, 9.17) is 5.73 Å². The Morgan fingerprint density at radius 1 is 1.28 bits per heavy atom. The van der Waals surface area contributed by atoms with E-state index in [1.165, 1.54) is 6.26 Å². The zero-order chi connectivity index (χ0) is 18.4. The molecular formula is C17H23N5O2S. The Hall–Kier alpha value is -2.19. The molecule has 0 bridgehead atoms. The quantitative estimate of drug-likeness (QED) is 0.724. The second kappa shape index (κ2) is 5.96. The number of anilines is 1. The first-order chi connectivity index (χ1) is 11.6. The number of rotatable bonds is 5. The molecule has 0 saturated carbocycles. The number of fused-ring (bicyclic) bond motifs is 3. The van der Waals surface area contributed by atoms with E-state index in [1.807, 2.05) is 49.7 Å². The Labute approximate surface area is 147 Å². The van der Waals surface area contributed by atoms with Crippen molar-refractivity contribution in [2.75, 3.05) is 12.0 Å².